The lowest BCUT2D eigenvalue weighted by Gasteiger charge is -2.26. The number of rotatable bonds is 10. The maximum Gasteiger partial charge on any atom is 0.416 e. The van der Waals surface area contributed by atoms with Crippen LogP contribution in [0.3, 0.4) is 0 Å². The quantitative estimate of drug-likeness (QED) is 0.266. The summed E-state index contributed by atoms with van der Waals surface area (Å²) >= 11 is 6.12. The SMILES string of the molecule is O=C(CN(c1cc(C(F)(F)F)ccc1Cl)S(=O)(=O)c1ccccc1)N/N=C\c1ccc(OCC(=O)N2CCOCC2)cc1. The summed E-state index contributed by atoms with van der Waals surface area (Å²) in [5.41, 5.74) is 1.04. The molecule has 2 amide bonds. The van der Waals surface area contributed by atoms with Crippen LogP contribution in [-0.2, 0) is 30.5 Å². The smallest absolute Gasteiger partial charge is 0.416 e. The molecule has 0 unspecified atom stereocenters. The highest BCUT2D eigenvalue weighted by Crippen LogP contribution is 2.37. The van der Waals surface area contributed by atoms with E-state index in [0.29, 0.717) is 54.1 Å². The number of hydrogen-bond donors (Lipinski definition) is 1. The van der Waals surface area contributed by atoms with Crippen LogP contribution in [0, 0.1) is 0 Å². The van der Waals surface area contributed by atoms with E-state index in [1.807, 2.05) is 0 Å². The molecule has 1 saturated heterocycles. The van der Waals surface area contributed by atoms with Gasteiger partial charge >= 0.3 is 6.18 Å². The Morgan fingerprint density at radius 2 is 1.72 bits per heavy atom. The number of carbonyl (C=O) groups is 2. The number of alkyl halides is 3. The topological polar surface area (TPSA) is 118 Å². The van der Waals surface area contributed by atoms with Crippen molar-refractivity contribution in [2.24, 2.45) is 5.10 Å². The fraction of sp³-hybridized carbons (Fsp3) is 0.250. The van der Waals surface area contributed by atoms with Gasteiger partial charge < -0.3 is 14.4 Å². The average molecular weight is 639 g/mol. The molecule has 3 aromatic carbocycles. The predicted molar refractivity (Wildman–Crippen MR) is 153 cm³/mol. The molecule has 1 aliphatic rings. The van der Waals surface area contributed by atoms with E-state index in [9.17, 15) is 31.2 Å². The molecule has 4 rings (SSSR count). The summed E-state index contributed by atoms with van der Waals surface area (Å²) in [4.78, 5) is 26.4. The van der Waals surface area contributed by atoms with Gasteiger partial charge in [-0.1, -0.05) is 29.8 Å². The third-order valence-electron chi connectivity index (χ3n) is 6.17. The Bertz CT molecular complexity index is 1570. The number of sulfonamides is 1. The number of anilines is 1. The number of nitrogens with zero attached hydrogens (tertiary/aromatic N) is 3. The van der Waals surface area contributed by atoms with E-state index in [-0.39, 0.29) is 22.4 Å². The molecule has 0 atom stereocenters. The van der Waals surface area contributed by atoms with E-state index in [1.165, 1.54) is 30.5 Å². The minimum Gasteiger partial charge on any atom is -0.484 e. The molecule has 15 heteroatoms. The first-order valence-electron chi connectivity index (χ1n) is 12.8. The van der Waals surface area contributed by atoms with Gasteiger partial charge in [-0.2, -0.15) is 18.3 Å². The Balaban J connectivity index is 1.43. The first-order chi connectivity index (χ1) is 20.4. The Hall–Kier alpha value is -4.14. The molecule has 0 aromatic heterocycles. The molecule has 0 radical (unpaired) electrons. The first-order valence-corrected chi connectivity index (χ1v) is 14.6. The standard InChI is InChI=1S/C28H26ClF3N4O6S/c29-24-11-8-21(28(30,31)32)16-25(24)36(43(39,40)23-4-2-1-3-5-23)18-26(37)34-33-17-20-6-9-22(10-7-20)42-19-27(38)35-12-14-41-15-13-35/h1-11,16-17H,12-15,18-19H2,(H,34,37)/b33-17-. The van der Waals surface area contributed by atoms with Crippen LogP contribution in [0.4, 0.5) is 18.9 Å². The molecular formula is C28H26ClF3N4O6S. The molecule has 0 aliphatic carbocycles. The number of benzene rings is 3. The maximum absolute atomic E-state index is 13.4. The summed E-state index contributed by atoms with van der Waals surface area (Å²) in [5.74, 6) is -0.667. The molecule has 43 heavy (non-hydrogen) atoms. The van der Waals surface area contributed by atoms with E-state index in [2.05, 4.69) is 10.5 Å². The van der Waals surface area contributed by atoms with Gasteiger partial charge in [0.25, 0.3) is 21.8 Å². The van der Waals surface area contributed by atoms with Crippen LogP contribution in [-0.4, -0.2) is 70.8 Å². The second-order valence-electron chi connectivity index (χ2n) is 9.13. The summed E-state index contributed by atoms with van der Waals surface area (Å²) in [6.07, 6.45) is -3.51. The zero-order chi connectivity index (χ0) is 31.0. The van der Waals surface area contributed by atoms with Gasteiger partial charge in [0.1, 0.15) is 12.3 Å². The maximum atomic E-state index is 13.4. The van der Waals surface area contributed by atoms with E-state index in [1.54, 1.807) is 35.2 Å². The van der Waals surface area contributed by atoms with Gasteiger partial charge in [0, 0.05) is 13.1 Å². The van der Waals surface area contributed by atoms with Crippen LogP contribution in [0.2, 0.25) is 5.02 Å². The predicted octanol–water partition coefficient (Wildman–Crippen LogP) is 3.94. The van der Waals surface area contributed by atoms with E-state index >= 15 is 0 Å². The molecule has 1 fully saturated rings. The Labute approximate surface area is 250 Å². The highest BCUT2D eigenvalue weighted by atomic mass is 35.5. The molecule has 228 valence electrons. The van der Waals surface area contributed by atoms with Crippen LogP contribution in [0.1, 0.15) is 11.1 Å². The third-order valence-corrected chi connectivity index (χ3v) is 8.26. The van der Waals surface area contributed by atoms with Gasteiger partial charge in [0.15, 0.2) is 6.61 Å². The number of carbonyl (C=O) groups excluding carboxylic acids is 2. The number of hydrogen-bond acceptors (Lipinski definition) is 7. The number of nitrogens with one attached hydrogen (secondary N) is 1. The van der Waals surface area contributed by atoms with Crippen LogP contribution in [0.15, 0.2) is 82.8 Å². The van der Waals surface area contributed by atoms with Gasteiger partial charge in [-0.15, -0.1) is 0 Å². The molecular weight excluding hydrogens is 613 g/mol. The van der Waals surface area contributed by atoms with E-state index < -0.39 is 39.9 Å². The summed E-state index contributed by atoms with van der Waals surface area (Å²) in [6, 6.07) is 15.5. The van der Waals surface area contributed by atoms with E-state index in [4.69, 9.17) is 21.1 Å². The lowest BCUT2D eigenvalue weighted by Crippen LogP contribution is -2.42. The lowest BCUT2D eigenvalue weighted by atomic mass is 10.2. The van der Waals surface area contributed by atoms with Crippen LogP contribution in [0.25, 0.3) is 0 Å². The number of amides is 2. The second-order valence-corrected chi connectivity index (χ2v) is 11.4. The fourth-order valence-corrected chi connectivity index (χ4v) is 5.67. The molecule has 0 bridgehead atoms. The molecule has 0 saturated carbocycles. The van der Waals surface area contributed by atoms with E-state index in [0.717, 1.165) is 6.07 Å². The Morgan fingerprint density at radius 3 is 2.37 bits per heavy atom. The van der Waals surface area contributed by atoms with Crippen molar-refractivity contribution in [3.8, 4) is 5.75 Å². The first kappa shape index (κ1) is 31.8. The van der Waals surface area contributed by atoms with Crippen molar-refractivity contribution in [2.75, 3.05) is 43.8 Å². The average Bonchev–Trinajstić information content (AvgIpc) is 3.00. The minimum absolute atomic E-state index is 0.137. The van der Waals surface area contributed by atoms with Crippen molar-refractivity contribution in [3.63, 3.8) is 0 Å². The van der Waals surface area contributed by atoms with Crippen LogP contribution in [0.5, 0.6) is 5.75 Å². The van der Waals surface area contributed by atoms with Gasteiger partial charge in [0.05, 0.1) is 40.6 Å². The number of hydrazone groups is 1. The highest BCUT2D eigenvalue weighted by Gasteiger charge is 2.34. The molecule has 3 aromatic rings. The third kappa shape index (κ3) is 8.46. The zero-order valence-corrected chi connectivity index (χ0v) is 24.0. The molecule has 1 aliphatic heterocycles. The fourth-order valence-electron chi connectivity index (χ4n) is 3.94. The van der Waals surface area contributed by atoms with Crippen molar-refractivity contribution in [2.45, 2.75) is 11.1 Å². The lowest BCUT2D eigenvalue weighted by molar-refractivity contribution is -0.138. The molecule has 1 N–H and O–H groups in total. The summed E-state index contributed by atoms with van der Waals surface area (Å²) in [5, 5.41) is 3.51. The second kappa shape index (κ2) is 13.9. The molecule has 1 heterocycles. The zero-order valence-electron chi connectivity index (χ0n) is 22.5. The van der Waals surface area contributed by atoms with Gasteiger partial charge in [-0.3, -0.25) is 13.9 Å². The molecule has 0 spiro atoms. The minimum atomic E-state index is -4.78. The Morgan fingerprint density at radius 1 is 1.05 bits per heavy atom. The monoisotopic (exact) mass is 638 g/mol. The van der Waals surface area contributed by atoms with Crippen molar-refractivity contribution >= 4 is 45.3 Å². The number of halogens is 4. The van der Waals surface area contributed by atoms with Crippen LogP contribution < -0.4 is 14.5 Å². The number of morpholine rings is 1. The van der Waals surface area contributed by atoms with Gasteiger partial charge in [-0.25, -0.2) is 13.8 Å². The normalized spacial score (nSPS) is 14.0. The summed E-state index contributed by atoms with van der Waals surface area (Å²) in [6.45, 7) is 0.923. The van der Waals surface area contributed by atoms with Gasteiger partial charge in [0.2, 0.25) is 0 Å². The summed E-state index contributed by atoms with van der Waals surface area (Å²) < 4.78 is 78.3. The number of ether oxygens (including phenoxy) is 2. The molecule has 10 nitrogen and oxygen atoms in total. The van der Waals surface area contributed by atoms with Crippen LogP contribution >= 0.6 is 11.6 Å². The van der Waals surface area contributed by atoms with Crippen molar-refractivity contribution in [1.29, 1.82) is 0 Å². The van der Waals surface area contributed by atoms with Crippen molar-refractivity contribution < 1.29 is 40.7 Å². The highest BCUT2D eigenvalue weighted by molar-refractivity contribution is 7.92. The van der Waals surface area contributed by atoms with Crippen molar-refractivity contribution in [3.05, 3.63) is 88.9 Å². The largest absolute Gasteiger partial charge is 0.484 e. The van der Waals surface area contributed by atoms with Gasteiger partial charge in [-0.05, 0) is 60.2 Å². The summed E-state index contributed by atoms with van der Waals surface area (Å²) in [7, 11) is -4.51. The van der Waals surface area contributed by atoms with Crippen molar-refractivity contribution in [1.82, 2.24) is 10.3 Å². The Kier molecular flexibility index (Phi) is 10.3.